The average Bonchev–Trinajstić information content (AvgIpc) is 2.59. The summed E-state index contributed by atoms with van der Waals surface area (Å²) in [5.74, 6) is 1.01. The van der Waals surface area contributed by atoms with Gasteiger partial charge in [0, 0.05) is 28.8 Å². The first-order chi connectivity index (χ1) is 11.1. The monoisotopic (exact) mass is 336 g/mol. The van der Waals surface area contributed by atoms with E-state index in [4.69, 9.17) is 30.5 Å². The Balaban J connectivity index is 2.34. The van der Waals surface area contributed by atoms with Gasteiger partial charge >= 0.3 is 5.97 Å². The molecule has 0 aliphatic carbocycles. The molecule has 122 valence electrons. The number of carbonyl (C=O) groups excluding carboxylic acids is 1. The van der Waals surface area contributed by atoms with Crippen molar-refractivity contribution in [2.75, 3.05) is 21.3 Å². The largest absolute Gasteiger partial charge is 0.496 e. The summed E-state index contributed by atoms with van der Waals surface area (Å²) in [6.45, 7) is 0. The van der Waals surface area contributed by atoms with E-state index >= 15 is 0 Å². The molecule has 1 atom stereocenters. The van der Waals surface area contributed by atoms with Crippen LogP contribution in [0.2, 0.25) is 5.02 Å². The number of hydrogen-bond donors (Lipinski definition) is 0. The zero-order valence-corrected chi connectivity index (χ0v) is 13.8. The van der Waals surface area contributed by atoms with Crippen molar-refractivity contribution in [1.29, 1.82) is 0 Å². The molecule has 0 heterocycles. The molecule has 0 spiro atoms. The predicted octanol–water partition coefficient (Wildman–Crippen LogP) is 3.65. The van der Waals surface area contributed by atoms with Gasteiger partial charge in [0.2, 0.25) is 6.10 Å². The zero-order valence-electron chi connectivity index (χ0n) is 13.0. The fourth-order valence-electron chi connectivity index (χ4n) is 1.98. The molecule has 5 nitrogen and oxygen atoms in total. The summed E-state index contributed by atoms with van der Waals surface area (Å²) >= 11 is 5.88. The van der Waals surface area contributed by atoms with Crippen molar-refractivity contribution in [3.63, 3.8) is 0 Å². The number of ether oxygens (including phenoxy) is 4. The number of halogens is 1. The first kappa shape index (κ1) is 17.0. The summed E-state index contributed by atoms with van der Waals surface area (Å²) in [6.07, 6.45) is -0.922. The minimum atomic E-state index is -0.922. The standard InChI is InChI=1S/C17H17ClO5/c1-20-13-8-14(21-2)10-15(9-13)23-16(17(19)22-3)11-4-6-12(18)7-5-11/h4-10,16H,1-3H3. The second-order valence-corrected chi connectivity index (χ2v) is 5.06. The van der Waals surface area contributed by atoms with Crippen LogP contribution < -0.4 is 14.2 Å². The minimum absolute atomic E-state index is 0.423. The lowest BCUT2D eigenvalue weighted by Gasteiger charge is -2.18. The zero-order chi connectivity index (χ0) is 16.8. The van der Waals surface area contributed by atoms with Gasteiger partial charge in [-0.2, -0.15) is 0 Å². The van der Waals surface area contributed by atoms with Gasteiger partial charge in [0.1, 0.15) is 17.2 Å². The maximum atomic E-state index is 12.1. The van der Waals surface area contributed by atoms with Crippen molar-refractivity contribution >= 4 is 17.6 Å². The number of esters is 1. The fourth-order valence-corrected chi connectivity index (χ4v) is 2.11. The third-order valence-corrected chi connectivity index (χ3v) is 3.42. The molecule has 6 heteroatoms. The SMILES string of the molecule is COC(=O)C(Oc1cc(OC)cc(OC)c1)c1ccc(Cl)cc1. The molecule has 0 bridgehead atoms. The van der Waals surface area contributed by atoms with Gasteiger partial charge < -0.3 is 18.9 Å². The lowest BCUT2D eigenvalue weighted by molar-refractivity contribution is -0.149. The van der Waals surface area contributed by atoms with E-state index < -0.39 is 12.1 Å². The Labute approximate surface area is 139 Å². The number of methoxy groups -OCH3 is 3. The van der Waals surface area contributed by atoms with Crippen LogP contribution in [-0.2, 0) is 9.53 Å². The van der Waals surface area contributed by atoms with Gasteiger partial charge in [0.25, 0.3) is 0 Å². The van der Waals surface area contributed by atoms with Crippen LogP contribution in [0.5, 0.6) is 17.2 Å². The van der Waals surface area contributed by atoms with Crippen molar-refractivity contribution in [2.45, 2.75) is 6.10 Å². The molecule has 23 heavy (non-hydrogen) atoms. The molecule has 0 saturated heterocycles. The quantitative estimate of drug-likeness (QED) is 0.754. The van der Waals surface area contributed by atoms with Crippen LogP contribution in [0, 0.1) is 0 Å². The molecule has 0 radical (unpaired) electrons. The van der Waals surface area contributed by atoms with E-state index in [2.05, 4.69) is 0 Å². The van der Waals surface area contributed by atoms with E-state index in [1.54, 1.807) is 42.5 Å². The normalized spacial score (nSPS) is 11.5. The molecular formula is C17H17ClO5. The Morgan fingerprint density at radius 3 is 1.91 bits per heavy atom. The van der Waals surface area contributed by atoms with Gasteiger partial charge in [-0.05, 0) is 12.1 Å². The van der Waals surface area contributed by atoms with Gasteiger partial charge in [0.05, 0.1) is 21.3 Å². The fraction of sp³-hybridized carbons (Fsp3) is 0.235. The van der Waals surface area contributed by atoms with Crippen molar-refractivity contribution in [3.05, 3.63) is 53.1 Å². The first-order valence-electron chi connectivity index (χ1n) is 6.80. The Bertz CT molecular complexity index is 647. The van der Waals surface area contributed by atoms with Crippen LogP contribution in [0.1, 0.15) is 11.7 Å². The van der Waals surface area contributed by atoms with E-state index in [0.29, 0.717) is 27.8 Å². The highest BCUT2D eigenvalue weighted by Crippen LogP contribution is 2.31. The number of benzene rings is 2. The van der Waals surface area contributed by atoms with Gasteiger partial charge in [-0.15, -0.1) is 0 Å². The summed E-state index contributed by atoms with van der Waals surface area (Å²) in [7, 11) is 4.38. The Morgan fingerprint density at radius 2 is 1.43 bits per heavy atom. The molecule has 0 aliphatic heterocycles. The van der Waals surface area contributed by atoms with Gasteiger partial charge in [0.15, 0.2) is 0 Å². The van der Waals surface area contributed by atoms with Crippen LogP contribution in [0.3, 0.4) is 0 Å². The number of rotatable bonds is 6. The maximum Gasteiger partial charge on any atom is 0.351 e. The molecule has 2 aromatic carbocycles. The number of carbonyl (C=O) groups is 1. The summed E-state index contributed by atoms with van der Waals surface area (Å²) in [6, 6.07) is 11.8. The van der Waals surface area contributed by atoms with Crippen LogP contribution in [0.25, 0.3) is 0 Å². The van der Waals surface area contributed by atoms with E-state index in [9.17, 15) is 4.79 Å². The maximum absolute atomic E-state index is 12.1. The predicted molar refractivity (Wildman–Crippen MR) is 86.4 cm³/mol. The molecule has 0 aromatic heterocycles. The summed E-state index contributed by atoms with van der Waals surface area (Å²) in [5.41, 5.74) is 0.628. The van der Waals surface area contributed by atoms with Crippen molar-refractivity contribution < 1.29 is 23.7 Å². The van der Waals surface area contributed by atoms with Gasteiger partial charge in [-0.3, -0.25) is 0 Å². The molecule has 2 rings (SSSR count). The summed E-state index contributed by atoms with van der Waals surface area (Å²) in [4.78, 5) is 12.1. The smallest absolute Gasteiger partial charge is 0.351 e. The Kier molecular flexibility index (Phi) is 5.71. The van der Waals surface area contributed by atoms with Crippen molar-refractivity contribution in [3.8, 4) is 17.2 Å². The molecule has 1 unspecified atom stereocenters. The highest BCUT2D eigenvalue weighted by molar-refractivity contribution is 6.30. The van der Waals surface area contributed by atoms with Crippen LogP contribution in [0.15, 0.2) is 42.5 Å². The first-order valence-corrected chi connectivity index (χ1v) is 7.18. The highest BCUT2D eigenvalue weighted by Gasteiger charge is 2.24. The summed E-state index contributed by atoms with van der Waals surface area (Å²) in [5, 5.41) is 0.570. The van der Waals surface area contributed by atoms with Gasteiger partial charge in [-0.1, -0.05) is 23.7 Å². The molecule has 0 amide bonds. The average molecular weight is 337 g/mol. The Morgan fingerprint density at radius 1 is 0.913 bits per heavy atom. The van der Waals surface area contributed by atoms with E-state index in [0.717, 1.165) is 0 Å². The van der Waals surface area contributed by atoms with Crippen LogP contribution in [-0.4, -0.2) is 27.3 Å². The molecule has 2 aromatic rings. The molecule has 0 fully saturated rings. The van der Waals surface area contributed by atoms with Crippen molar-refractivity contribution in [1.82, 2.24) is 0 Å². The minimum Gasteiger partial charge on any atom is -0.496 e. The lowest BCUT2D eigenvalue weighted by Crippen LogP contribution is -2.20. The second kappa shape index (κ2) is 7.74. The highest BCUT2D eigenvalue weighted by atomic mass is 35.5. The molecule has 0 aliphatic rings. The molecule has 0 saturated carbocycles. The summed E-state index contributed by atoms with van der Waals surface area (Å²) < 4.78 is 21.0. The third-order valence-electron chi connectivity index (χ3n) is 3.17. The Hall–Kier alpha value is -2.40. The lowest BCUT2D eigenvalue weighted by atomic mass is 10.1. The van der Waals surface area contributed by atoms with E-state index in [1.165, 1.54) is 21.3 Å². The van der Waals surface area contributed by atoms with Crippen LogP contribution in [0.4, 0.5) is 0 Å². The molecule has 0 N–H and O–H groups in total. The van der Waals surface area contributed by atoms with E-state index in [-0.39, 0.29) is 0 Å². The van der Waals surface area contributed by atoms with Crippen LogP contribution >= 0.6 is 11.6 Å². The number of hydrogen-bond acceptors (Lipinski definition) is 5. The van der Waals surface area contributed by atoms with E-state index in [1.807, 2.05) is 0 Å². The third kappa shape index (κ3) is 4.29. The van der Waals surface area contributed by atoms with Gasteiger partial charge in [-0.25, -0.2) is 4.79 Å². The van der Waals surface area contributed by atoms with Crippen molar-refractivity contribution in [2.24, 2.45) is 0 Å². The topological polar surface area (TPSA) is 54.0 Å². The second-order valence-electron chi connectivity index (χ2n) is 4.62. The molecular weight excluding hydrogens is 320 g/mol.